The zero-order valence-corrected chi connectivity index (χ0v) is 11.2. The van der Waals surface area contributed by atoms with E-state index in [4.69, 9.17) is 5.14 Å². The van der Waals surface area contributed by atoms with Crippen molar-refractivity contribution in [3.8, 4) is 0 Å². The number of para-hydroxylation sites is 1. The minimum absolute atomic E-state index is 0.181. The first kappa shape index (κ1) is 13.4. The normalized spacial score (nSPS) is 17.6. The number of primary sulfonamides is 1. The molecule has 1 aliphatic carbocycles. The van der Waals surface area contributed by atoms with E-state index in [1.54, 1.807) is 18.2 Å². The summed E-state index contributed by atoms with van der Waals surface area (Å²) in [5.41, 5.74) is 0.616. The van der Waals surface area contributed by atoms with Crippen LogP contribution in [0.5, 0.6) is 0 Å². The first-order chi connectivity index (χ1) is 8.57. The fraction of sp³-hybridized carbons (Fsp3) is 0.538. The Bertz CT molecular complexity index is 493. The smallest absolute Gasteiger partial charge is 0.240 e. The van der Waals surface area contributed by atoms with Gasteiger partial charge in [-0.3, -0.25) is 0 Å². The molecule has 1 aromatic rings. The van der Waals surface area contributed by atoms with Crippen LogP contribution in [0.1, 0.15) is 32.1 Å². The van der Waals surface area contributed by atoms with Gasteiger partial charge in [-0.2, -0.15) is 0 Å². The fourth-order valence-corrected chi connectivity index (χ4v) is 3.22. The zero-order valence-electron chi connectivity index (χ0n) is 10.4. The maximum Gasteiger partial charge on any atom is 0.240 e. The van der Waals surface area contributed by atoms with Gasteiger partial charge in [0.1, 0.15) is 4.90 Å². The molecule has 0 unspecified atom stereocenters. The Morgan fingerprint density at radius 1 is 1.17 bits per heavy atom. The lowest BCUT2D eigenvalue weighted by molar-refractivity contribution is 0.373. The highest BCUT2D eigenvalue weighted by atomic mass is 32.2. The van der Waals surface area contributed by atoms with Crippen molar-refractivity contribution in [3.05, 3.63) is 24.3 Å². The Hall–Kier alpha value is -1.07. The summed E-state index contributed by atoms with van der Waals surface area (Å²) >= 11 is 0. The second-order valence-electron chi connectivity index (χ2n) is 4.93. The maximum absolute atomic E-state index is 11.4. The van der Waals surface area contributed by atoms with E-state index in [9.17, 15) is 8.42 Å². The van der Waals surface area contributed by atoms with Gasteiger partial charge in [-0.1, -0.05) is 31.4 Å². The van der Waals surface area contributed by atoms with Gasteiger partial charge in [-0.05, 0) is 30.9 Å². The van der Waals surface area contributed by atoms with Crippen molar-refractivity contribution in [2.45, 2.75) is 37.0 Å². The maximum atomic E-state index is 11.4. The molecule has 1 aromatic carbocycles. The molecule has 100 valence electrons. The number of nitrogens with one attached hydrogen (secondary N) is 1. The molecule has 0 aromatic heterocycles. The summed E-state index contributed by atoms with van der Waals surface area (Å²) in [6.45, 7) is 0.826. The summed E-state index contributed by atoms with van der Waals surface area (Å²) in [5.74, 6) is 0.646. The molecule has 0 saturated heterocycles. The predicted octanol–water partition coefficient (Wildman–Crippen LogP) is 2.33. The van der Waals surface area contributed by atoms with Crippen LogP contribution < -0.4 is 10.5 Å². The number of rotatable bonds is 4. The van der Waals surface area contributed by atoms with Crippen LogP contribution in [0.25, 0.3) is 0 Å². The Morgan fingerprint density at radius 3 is 2.50 bits per heavy atom. The van der Waals surface area contributed by atoms with Crippen LogP contribution in [0.2, 0.25) is 0 Å². The molecule has 0 atom stereocenters. The summed E-state index contributed by atoms with van der Waals surface area (Å²) in [6.07, 6.45) is 6.34. The van der Waals surface area contributed by atoms with Gasteiger partial charge >= 0.3 is 0 Å². The lowest BCUT2D eigenvalue weighted by atomic mass is 9.89. The Balaban J connectivity index is 2.05. The summed E-state index contributed by atoms with van der Waals surface area (Å²) < 4.78 is 22.9. The Labute approximate surface area is 109 Å². The van der Waals surface area contributed by atoms with E-state index in [-0.39, 0.29) is 4.90 Å². The van der Waals surface area contributed by atoms with Crippen molar-refractivity contribution < 1.29 is 8.42 Å². The van der Waals surface area contributed by atoms with Gasteiger partial charge in [0.2, 0.25) is 10.0 Å². The van der Waals surface area contributed by atoms with Gasteiger partial charge in [-0.15, -0.1) is 0 Å². The number of anilines is 1. The fourth-order valence-electron chi connectivity index (χ4n) is 2.51. The number of hydrogen-bond donors (Lipinski definition) is 2. The molecule has 1 fully saturated rings. The van der Waals surface area contributed by atoms with Gasteiger partial charge in [0, 0.05) is 6.54 Å². The zero-order chi connectivity index (χ0) is 13.0. The van der Waals surface area contributed by atoms with E-state index in [1.807, 2.05) is 6.07 Å². The molecule has 18 heavy (non-hydrogen) atoms. The molecule has 2 rings (SSSR count). The second-order valence-corrected chi connectivity index (χ2v) is 6.46. The first-order valence-electron chi connectivity index (χ1n) is 6.43. The minimum Gasteiger partial charge on any atom is -0.384 e. The van der Waals surface area contributed by atoms with E-state index in [0.717, 1.165) is 6.54 Å². The Morgan fingerprint density at radius 2 is 1.83 bits per heavy atom. The highest BCUT2D eigenvalue weighted by Gasteiger charge is 2.16. The molecule has 0 amide bonds. The van der Waals surface area contributed by atoms with Crippen molar-refractivity contribution in [2.24, 2.45) is 11.1 Å². The molecular formula is C13H20N2O2S. The molecule has 1 saturated carbocycles. The van der Waals surface area contributed by atoms with E-state index in [2.05, 4.69) is 5.32 Å². The van der Waals surface area contributed by atoms with E-state index in [0.29, 0.717) is 11.6 Å². The van der Waals surface area contributed by atoms with Crippen LogP contribution in [-0.2, 0) is 10.0 Å². The predicted molar refractivity (Wildman–Crippen MR) is 72.9 cm³/mol. The molecule has 3 N–H and O–H groups in total. The van der Waals surface area contributed by atoms with Crippen molar-refractivity contribution in [1.29, 1.82) is 0 Å². The lowest BCUT2D eigenvalue weighted by Gasteiger charge is -2.22. The molecule has 5 heteroatoms. The molecule has 1 aliphatic rings. The van der Waals surface area contributed by atoms with Gasteiger partial charge in [-0.25, -0.2) is 13.6 Å². The van der Waals surface area contributed by atoms with Gasteiger partial charge in [0.25, 0.3) is 0 Å². The van der Waals surface area contributed by atoms with Crippen molar-refractivity contribution in [2.75, 3.05) is 11.9 Å². The SMILES string of the molecule is NS(=O)(=O)c1ccccc1NCC1CCCCC1. The third kappa shape index (κ3) is 3.46. The molecular weight excluding hydrogens is 248 g/mol. The molecule has 0 spiro atoms. The largest absolute Gasteiger partial charge is 0.384 e. The average molecular weight is 268 g/mol. The van der Waals surface area contributed by atoms with Gasteiger partial charge in [0.15, 0.2) is 0 Å². The summed E-state index contributed by atoms with van der Waals surface area (Å²) in [7, 11) is -3.65. The third-order valence-electron chi connectivity index (χ3n) is 3.50. The topological polar surface area (TPSA) is 72.2 Å². The van der Waals surface area contributed by atoms with E-state index >= 15 is 0 Å². The Kier molecular flexibility index (Phi) is 4.24. The molecule has 0 radical (unpaired) electrons. The number of hydrogen-bond acceptors (Lipinski definition) is 3. The molecule has 0 heterocycles. The van der Waals surface area contributed by atoms with Crippen LogP contribution in [0.3, 0.4) is 0 Å². The molecule has 0 bridgehead atoms. The van der Waals surface area contributed by atoms with Crippen molar-refractivity contribution in [1.82, 2.24) is 0 Å². The number of benzene rings is 1. The third-order valence-corrected chi connectivity index (χ3v) is 4.47. The lowest BCUT2D eigenvalue weighted by Crippen LogP contribution is -2.20. The number of nitrogens with two attached hydrogens (primary N) is 1. The van der Waals surface area contributed by atoms with Crippen molar-refractivity contribution >= 4 is 15.7 Å². The second kappa shape index (κ2) is 5.71. The average Bonchev–Trinajstić information content (AvgIpc) is 2.37. The first-order valence-corrected chi connectivity index (χ1v) is 7.98. The van der Waals surface area contributed by atoms with Gasteiger partial charge in [0.05, 0.1) is 5.69 Å². The van der Waals surface area contributed by atoms with Gasteiger partial charge < -0.3 is 5.32 Å². The van der Waals surface area contributed by atoms with E-state index in [1.165, 1.54) is 32.1 Å². The van der Waals surface area contributed by atoms with Crippen molar-refractivity contribution in [3.63, 3.8) is 0 Å². The standard InChI is InChI=1S/C13H20N2O2S/c14-18(16,17)13-9-5-4-8-12(13)15-10-11-6-2-1-3-7-11/h4-5,8-9,11,15H,1-3,6-7,10H2,(H2,14,16,17). The minimum atomic E-state index is -3.65. The molecule has 0 aliphatic heterocycles. The van der Waals surface area contributed by atoms with Crippen LogP contribution in [0.4, 0.5) is 5.69 Å². The number of sulfonamides is 1. The summed E-state index contributed by atoms with van der Waals surface area (Å²) in [4.78, 5) is 0.181. The summed E-state index contributed by atoms with van der Waals surface area (Å²) in [6, 6.07) is 6.81. The summed E-state index contributed by atoms with van der Waals surface area (Å²) in [5, 5.41) is 8.43. The van der Waals surface area contributed by atoms with E-state index < -0.39 is 10.0 Å². The van der Waals surface area contributed by atoms with Crippen LogP contribution in [0, 0.1) is 5.92 Å². The quantitative estimate of drug-likeness (QED) is 0.880. The highest BCUT2D eigenvalue weighted by molar-refractivity contribution is 7.89. The highest BCUT2D eigenvalue weighted by Crippen LogP contribution is 2.25. The molecule has 4 nitrogen and oxygen atoms in total. The monoisotopic (exact) mass is 268 g/mol. The van der Waals surface area contributed by atoms with Crippen LogP contribution in [-0.4, -0.2) is 15.0 Å². The van der Waals surface area contributed by atoms with Crippen LogP contribution >= 0.6 is 0 Å². The van der Waals surface area contributed by atoms with Crippen LogP contribution in [0.15, 0.2) is 29.2 Å².